The van der Waals surface area contributed by atoms with Crippen molar-refractivity contribution >= 4 is 18.3 Å². The minimum atomic E-state index is 0.365. The average Bonchev–Trinajstić information content (AvgIpc) is 2.64. The Morgan fingerprint density at radius 1 is 1.27 bits per heavy atom. The highest BCUT2D eigenvalue weighted by atomic mass is 32.1. The molecule has 0 unspecified atom stereocenters. The summed E-state index contributed by atoms with van der Waals surface area (Å²) < 4.78 is 1.55. The first-order valence-corrected chi connectivity index (χ1v) is 4.83. The molecule has 0 aliphatic carbocycles. The number of aromatic nitrogens is 4. The summed E-state index contributed by atoms with van der Waals surface area (Å²) in [7, 11) is 3.93. The molecule has 0 saturated heterocycles. The largest absolute Gasteiger partial charge is 0.376 e. The average molecular weight is 220 g/mol. The van der Waals surface area contributed by atoms with Crippen molar-refractivity contribution in [2.45, 2.75) is 5.16 Å². The third-order valence-corrected chi connectivity index (χ3v) is 2.29. The van der Waals surface area contributed by atoms with Gasteiger partial charge in [0.2, 0.25) is 5.16 Å². The molecule has 1 radical (unpaired) electrons. The molecule has 0 bridgehead atoms. The van der Waals surface area contributed by atoms with E-state index < -0.39 is 0 Å². The third-order valence-electron chi connectivity index (χ3n) is 2.03. The Bertz CT molecular complexity index is 465. The van der Waals surface area contributed by atoms with Gasteiger partial charge in [0.15, 0.2) is 0 Å². The Hall–Kier alpha value is -1.69. The fourth-order valence-corrected chi connectivity index (χ4v) is 1.52. The van der Waals surface area contributed by atoms with Crippen LogP contribution in [0.4, 0.5) is 5.69 Å². The maximum absolute atomic E-state index is 5.02. The Morgan fingerprint density at radius 3 is 2.60 bits per heavy atom. The Balaban J connectivity index is 2.58. The molecule has 2 rings (SSSR count). The van der Waals surface area contributed by atoms with Gasteiger partial charge in [-0.3, -0.25) is 0 Å². The highest BCUT2D eigenvalue weighted by Crippen LogP contribution is 2.22. The molecular weight excluding hydrogens is 210 g/mol. The van der Waals surface area contributed by atoms with Crippen molar-refractivity contribution in [3.8, 4) is 5.69 Å². The maximum atomic E-state index is 5.02. The SMILES string of the molecule is CN(C)c1ccccc1-n1nnnc1[S]. The fourth-order valence-electron chi connectivity index (χ4n) is 1.35. The molecule has 0 atom stereocenters. The molecule has 0 aliphatic heterocycles. The lowest BCUT2D eigenvalue weighted by Crippen LogP contribution is -2.12. The van der Waals surface area contributed by atoms with Crippen molar-refractivity contribution in [3.05, 3.63) is 24.3 Å². The number of hydrogen-bond acceptors (Lipinski definition) is 4. The van der Waals surface area contributed by atoms with Crippen molar-refractivity contribution in [2.24, 2.45) is 0 Å². The van der Waals surface area contributed by atoms with Gasteiger partial charge in [0.05, 0.1) is 11.4 Å². The highest BCUT2D eigenvalue weighted by Gasteiger charge is 2.10. The summed E-state index contributed by atoms with van der Waals surface area (Å²) in [5.74, 6) is 0. The van der Waals surface area contributed by atoms with Crippen LogP contribution < -0.4 is 4.90 Å². The van der Waals surface area contributed by atoms with Crippen LogP contribution >= 0.6 is 12.6 Å². The van der Waals surface area contributed by atoms with Gasteiger partial charge in [-0.2, -0.15) is 4.68 Å². The summed E-state index contributed by atoms with van der Waals surface area (Å²) in [5.41, 5.74) is 1.91. The van der Waals surface area contributed by atoms with Crippen molar-refractivity contribution in [1.82, 2.24) is 20.2 Å². The van der Waals surface area contributed by atoms with Gasteiger partial charge in [-0.05, 0) is 35.2 Å². The van der Waals surface area contributed by atoms with Crippen LogP contribution in [0.3, 0.4) is 0 Å². The van der Waals surface area contributed by atoms with Gasteiger partial charge in [-0.15, -0.1) is 0 Å². The molecule has 0 saturated carbocycles. The van der Waals surface area contributed by atoms with Crippen molar-refractivity contribution < 1.29 is 0 Å². The first-order valence-electron chi connectivity index (χ1n) is 4.42. The second kappa shape index (κ2) is 3.82. The van der Waals surface area contributed by atoms with Crippen LogP contribution in [-0.4, -0.2) is 34.3 Å². The molecule has 1 aromatic carbocycles. The Morgan fingerprint density at radius 2 is 2.00 bits per heavy atom. The van der Waals surface area contributed by atoms with Crippen LogP contribution in [0.1, 0.15) is 0 Å². The number of rotatable bonds is 2. The molecule has 1 heterocycles. The van der Waals surface area contributed by atoms with E-state index in [1.807, 2.05) is 43.3 Å². The van der Waals surface area contributed by atoms with Gasteiger partial charge in [0.25, 0.3) is 0 Å². The number of hydrogen-bond donors (Lipinski definition) is 0. The number of anilines is 1. The molecule has 1 aromatic heterocycles. The van der Waals surface area contributed by atoms with Crippen LogP contribution in [0.25, 0.3) is 5.69 Å². The first-order chi connectivity index (χ1) is 7.20. The highest BCUT2D eigenvalue weighted by molar-refractivity contribution is 7.80. The summed E-state index contributed by atoms with van der Waals surface area (Å²) in [6.45, 7) is 0. The van der Waals surface area contributed by atoms with E-state index in [1.165, 1.54) is 0 Å². The van der Waals surface area contributed by atoms with Gasteiger partial charge in [-0.1, -0.05) is 17.2 Å². The van der Waals surface area contributed by atoms with E-state index in [-0.39, 0.29) is 0 Å². The molecule has 15 heavy (non-hydrogen) atoms. The van der Waals surface area contributed by atoms with Crippen molar-refractivity contribution in [3.63, 3.8) is 0 Å². The molecular formula is C9H10N5S. The predicted molar refractivity (Wildman–Crippen MR) is 59.3 cm³/mol. The van der Waals surface area contributed by atoms with Gasteiger partial charge in [0.1, 0.15) is 0 Å². The van der Waals surface area contributed by atoms with Crippen LogP contribution in [0, 0.1) is 0 Å². The molecule has 0 N–H and O–H groups in total. The molecule has 2 aromatic rings. The first kappa shape index (κ1) is 9.85. The molecule has 6 heteroatoms. The molecule has 5 nitrogen and oxygen atoms in total. The number of tetrazole rings is 1. The fraction of sp³-hybridized carbons (Fsp3) is 0.222. The molecule has 77 valence electrons. The monoisotopic (exact) mass is 220 g/mol. The van der Waals surface area contributed by atoms with Crippen LogP contribution in [0.2, 0.25) is 0 Å². The zero-order valence-electron chi connectivity index (χ0n) is 8.45. The van der Waals surface area contributed by atoms with Crippen LogP contribution in [0.15, 0.2) is 29.4 Å². The summed E-state index contributed by atoms with van der Waals surface area (Å²) in [6, 6.07) is 7.82. The summed E-state index contributed by atoms with van der Waals surface area (Å²) in [4.78, 5) is 1.99. The normalized spacial score (nSPS) is 10.3. The smallest absolute Gasteiger partial charge is 0.244 e. The second-order valence-corrected chi connectivity index (χ2v) is 3.62. The van der Waals surface area contributed by atoms with Gasteiger partial charge in [-0.25, -0.2) is 0 Å². The Labute approximate surface area is 93.1 Å². The third kappa shape index (κ3) is 1.75. The van der Waals surface area contributed by atoms with E-state index >= 15 is 0 Å². The number of nitrogens with zero attached hydrogens (tertiary/aromatic N) is 5. The summed E-state index contributed by atoms with van der Waals surface area (Å²) >= 11 is 5.02. The molecule has 0 spiro atoms. The van der Waals surface area contributed by atoms with Gasteiger partial charge >= 0.3 is 0 Å². The van der Waals surface area contributed by atoms with Crippen molar-refractivity contribution in [1.29, 1.82) is 0 Å². The van der Waals surface area contributed by atoms with E-state index in [0.717, 1.165) is 11.4 Å². The lowest BCUT2D eigenvalue weighted by molar-refractivity contribution is 0.756. The van der Waals surface area contributed by atoms with Crippen LogP contribution in [-0.2, 0) is 0 Å². The van der Waals surface area contributed by atoms with E-state index in [9.17, 15) is 0 Å². The van der Waals surface area contributed by atoms with E-state index in [1.54, 1.807) is 4.68 Å². The lowest BCUT2D eigenvalue weighted by atomic mass is 10.2. The van der Waals surface area contributed by atoms with Crippen molar-refractivity contribution in [2.75, 3.05) is 19.0 Å². The Kier molecular flexibility index (Phi) is 2.51. The minimum Gasteiger partial charge on any atom is -0.376 e. The van der Waals surface area contributed by atoms with E-state index in [0.29, 0.717) is 5.16 Å². The molecule has 0 amide bonds. The zero-order chi connectivity index (χ0) is 10.8. The standard InChI is InChI=1S/C9H10N5S/c1-13(2)7-5-3-4-6-8(7)14-9(15)10-11-12-14/h3-6H,1-2H3. The predicted octanol–water partition coefficient (Wildman–Crippen LogP) is 1.28. The quantitative estimate of drug-likeness (QED) is 0.765. The minimum absolute atomic E-state index is 0.365. The molecule has 0 fully saturated rings. The topological polar surface area (TPSA) is 46.8 Å². The van der Waals surface area contributed by atoms with Gasteiger partial charge in [0, 0.05) is 14.1 Å². The maximum Gasteiger partial charge on any atom is 0.244 e. The summed E-state index contributed by atoms with van der Waals surface area (Å²) in [5, 5.41) is 11.4. The number of benzene rings is 1. The second-order valence-electron chi connectivity index (χ2n) is 3.26. The zero-order valence-corrected chi connectivity index (χ0v) is 9.27. The van der Waals surface area contributed by atoms with E-state index in [4.69, 9.17) is 12.6 Å². The number of para-hydroxylation sites is 2. The van der Waals surface area contributed by atoms with Gasteiger partial charge < -0.3 is 4.90 Å². The van der Waals surface area contributed by atoms with E-state index in [2.05, 4.69) is 15.5 Å². The van der Waals surface area contributed by atoms with Crippen LogP contribution in [0.5, 0.6) is 0 Å². The lowest BCUT2D eigenvalue weighted by Gasteiger charge is -2.16. The molecule has 0 aliphatic rings. The summed E-state index contributed by atoms with van der Waals surface area (Å²) in [6.07, 6.45) is 0.